The van der Waals surface area contributed by atoms with Crippen LogP contribution >= 0.6 is 0 Å². The molecule has 0 saturated heterocycles. The van der Waals surface area contributed by atoms with Crippen LogP contribution in [0.1, 0.15) is 52.7 Å². The van der Waals surface area contributed by atoms with E-state index in [-0.39, 0.29) is 0 Å². The Balaban J connectivity index is 0. The van der Waals surface area contributed by atoms with E-state index in [4.69, 9.17) is 9.47 Å². The van der Waals surface area contributed by atoms with Gasteiger partial charge in [0.25, 0.3) is 0 Å². The second-order valence-electron chi connectivity index (χ2n) is 7.12. The Bertz CT molecular complexity index is 1150. The van der Waals surface area contributed by atoms with Gasteiger partial charge in [-0.3, -0.25) is 0 Å². The zero-order valence-corrected chi connectivity index (χ0v) is 26.3. The third-order valence-electron chi connectivity index (χ3n) is 4.64. The van der Waals surface area contributed by atoms with Crippen molar-refractivity contribution in [3.63, 3.8) is 0 Å². The maximum atomic E-state index is 12.4. The van der Waals surface area contributed by atoms with Crippen LogP contribution in [0.4, 0.5) is 0 Å². The molecule has 0 aliphatic heterocycles. The van der Waals surface area contributed by atoms with E-state index >= 15 is 0 Å². The predicted molar refractivity (Wildman–Crippen MR) is 168 cm³/mol. The third-order valence-corrected chi connectivity index (χ3v) is 6.56. The van der Waals surface area contributed by atoms with Crippen LogP contribution in [0.15, 0.2) is 119 Å². The molecule has 0 aliphatic carbocycles. The third kappa shape index (κ3) is 14.8. The van der Waals surface area contributed by atoms with Gasteiger partial charge in [-0.05, 0) is 67.4 Å². The highest BCUT2D eigenvalue weighted by Gasteiger charge is 2.19. The van der Waals surface area contributed by atoms with E-state index in [1.807, 2.05) is 134 Å². The molecule has 0 amide bonds. The molecule has 0 unspecified atom stereocenters. The van der Waals surface area contributed by atoms with E-state index in [1.54, 1.807) is 44.6 Å². The summed E-state index contributed by atoms with van der Waals surface area (Å²) >= 11 is 0. The second kappa shape index (κ2) is 23.5. The maximum absolute atomic E-state index is 12.4. The molecule has 4 aromatic rings. The van der Waals surface area contributed by atoms with Gasteiger partial charge in [0.2, 0.25) is 9.84 Å². The topological polar surface area (TPSA) is 52.6 Å². The van der Waals surface area contributed by atoms with Crippen molar-refractivity contribution in [1.29, 1.82) is 0 Å². The molecule has 214 valence electrons. The second-order valence-corrected chi connectivity index (χ2v) is 9.04. The molecule has 5 heteroatoms. The summed E-state index contributed by atoms with van der Waals surface area (Å²) in [6.07, 6.45) is 0. The molecular formula is C34H48O4S. The summed E-state index contributed by atoms with van der Waals surface area (Å²) in [6.45, 7) is 15.7. The molecule has 4 rings (SSSR count). The van der Waals surface area contributed by atoms with Crippen molar-refractivity contribution >= 4 is 9.84 Å². The first-order valence-corrected chi connectivity index (χ1v) is 14.9. The lowest BCUT2D eigenvalue weighted by Crippen LogP contribution is -2.04. The largest absolute Gasteiger partial charge is 0.497 e. The Morgan fingerprint density at radius 2 is 0.872 bits per heavy atom. The van der Waals surface area contributed by atoms with E-state index in [0.29, 0.717) is 9.79 Å². The first kappa shape index (κ1) is 37.6. The normalized spacial score (nSPS) is 8.97. The van der Waals surface area contributed by atoms with Crippen LogP contribution in [0, 0.1) is 13.8 Å². The molecule has 0 N–H and O–H groups in total. The highest BCUT2D eigenvalue weighted by molar-refractivity contribution is 7.91. The van der Waals surface area contributed by atoms with Crippen molar-refractivity contribution in [2.45, 2.75) is 65.2 Å². The smallest absolute Gasteiger partial charge is 0.206 e. The minimum Gasteiger partial charge on any atom is -0.497 e. The molecule has 0 fully saturated rings. The zero-order valence-electron chi connectivity index (χ0n) is 25.4. The fourth-order valence-corrected chi connectivity index (χ4v) is 4.44. The van der Waals surface area contributed by atoms with Crippen LogP contribution in [0.5, 0.6) is 11.5 Å². The van der Waals surface area contributed by atoms with Crippen LogP contribution in [-0.4, -0.2) is 22.6 Å². The Labute approximate surface area is 238 Å². The number of sulfone groups is 1. The average Bonchev–Trinajstić information content (AvgIpc) is 3.03. The predicted octanol–water partition coefficient (Wildman–Crippen LogP) is 9.61. The SMILES string of the molecule is CC.CC.CC.COc1ccccc1.COc1ccccc1.Cc1ccc(C)c(S(=O)(=O)c2ccccc2)c1. The van der Waals surface area contributed by atoms with Gasteiger partial charge in [-0.2, -0.15) is 0 Å². The molecule has 0 spiro atoms. The molecule has 0 saturated carbocycles. The average molecular weight is 553 g/mol. The van der Waals surface area contributed by atoms with Crippen LogP contribution < -0.4 is 9.47 Å². The quantitative estimate of drug-likeness (QED) is 0.253. The van der Waals surface area contributed by atoms with E-state index in [2.05, 4.69) is 0 Å². The number of methoxy groups -OCH3 is 2. The first-order valence-electron chi connectivity index (χ1n) is 13.4. The zero-order chi connectivity index (χ0) is 30.1. The first-order chi connectivity index (χ1) is 18.9. The van der Waals surface area contributed by atoms with Crippen LogP contribution in [-0.2, 0) is 9.84 Å². The van der Waals surface area contributed by atoms with Gasteiger partial charge in [0.15, 0.2) is 0 Å². The van der Waals surface area contributed by atoms with Crippen molar-refractivity contribution in [2.24, 2.45) is 0 Å². The molecule has 0 aliphatic rings. The summed E-state index contributed by atoms with van der Waals surface area (Å²) in [6, 6.07) is 33.4. The number of hydrogen-bond acceptors (Lipinski definition) is 4. The number of benzene rings is 4. The summed E-state index contributed by atoms with van der Waals surface area (Å²) < 4.78 is 34.6. The fourth-order valence-electron chi connectivity index (χ4n) is 2.84. The van der Waals surface area contributed by atoms with E-state index < -0.39 is 9.84 Å². The highest BCUT2D eigenvalue weighted by atomic mass is 32.2. The van der Waals surface area contributed by atoms with Gasteiger partial charge in [0, 0.05) is 0 Å². The lowest BCUT2D eigenvalue weighted by Gasteiger charge is -2.08. The number of hydrogen-bond donors (Lipinski definition) is 0. The fraction of sp³-hybridized carbons (Fsp3) is 0.294. The van der Waals surface area contributed by atoms with E-state index in [9.17, 15) is 8.42 Å². The van der Waals surface area contributed by atoms with E-state index in [1.165, 1.54) is 0 Å². The highest BCUT2D eigenvalue weighted by Crippen LogP contribution is 2.24. The lowest BCUT2D eigenvalue weighted by molar-refractivity contribution is 0.414. The maximum Gasteiger partial charge on any atom is 0.206 e. The van der Waals surface area contributed by atoms with Gasteiger partial charge in [-0.25, -0.2) is 8.42 Å². The van der Waals surface area contributed by atoms with Crippen LogP contribution in [0.25, 0.3) is 0 Å². The molecule has 0 bridgehead atoms. The molecule has 4 nitrogen and oxygen atoms in total. The van der Waals surface area contributed by atoms with Gasteiger partial charge in [0.1, 0.15) is 11.5 Å². The summed E-state index contributed by atoms with van der Waals surface area (Å²) in [5.41, 5.74) is 1.73. The number of para-hydroxylation sites is 2. The van der Waals surface area contributed by atoms with Crippen LogP contribution in [0.3, 0.4) is 0 Å². The molecule has 0 heterocycles. The van der Waals surface area contributed by atoms with Crippen molar-refractivity contribution in [3.8, 4) is 11.5 Å². The Morgan fingerprint density at radius 3 is 1.21 bits per heavy atom. The summed E-state index contributed by atoms with van der Waals surface area (Å²) in [4.78, 5) is 0.734. The summed E-state index contributed by atoms with van der Waals surface area (Å²) in [5, 5.41) is 0. The van der Waals surface area contributed by atoms with Gasteiger partial charge in [-0.1, -0.05) is 108 Å². The number of rotatable bonds is 4. The molecule has 0 atom stereocenters. The van der Waals surface area contributed by atoms with Crippen molar-refractivity contribution in [3.05, 3.63) is 120 Å². The van der Waals surface area contributed by atoms with Gasteiger partial charge < -0.3 is 9.47 Å². The molecule has 0 aromatic heterocycles. The van der Waals surface area contributed by atoms with Crippen LogP contribution in [0.2, 0.25) is 0 Å². The molecular weight excluding hydrogens is 504 g/mol. The van der Waals surface area contributed by atoms with Crippen molar-refractivity contribution in [2.75, 3.05) is 14.2 Å². The van der Waals surface area contributed by atoms with Gasteiger partial charge >= 0.3 is 0 Å². The van der Waals surface area contributed by atoms with Gasteiger partial charge in [0.05, 0.1) is 24.0 Å². The lowest BCUT2D eigenvalue weighted by atomic mass is 10.2. The number of ether oxygens (including phenoxy) is 2. The molecule has 0 radical (unpaired) electrons. The summed E-state index contributed by atoms with van der Waals surface area (Å²) in [7, 11) is -0.0681. The van der Waals surface area contributed by atoms with Crippen molar-refractivity contribution in [1.82, 2.24) is 0 Å². The summed E-state index contributed by atoms with van der Waals surface area (Å²) in [5.74, 6) is 1.82. The standard InChI is InChI=1S/C14H14O2S.2C7H8O.3C2H6/c1-11-8-9-12(2)14(10-11)17(15,16)13-6-4-3-5-7-13;2*1-8-7-5-3-2-4-6-7;3*1-2/h3-10H,1-2H3;2*2-6H,1H3;3*1-2H3. The Kier molecular flexibility index (Phi) is 22.7. The van der Waals surface area contributed by atoms with Crippen molar-refractivity contribution < 1.29 is 17.9 Å². The molecule has 39 heavy (non-hydrogen) atoms. The minimum atomic E-state index is -3.39. The Morgan fingerprint density at radius 1 is 0.513 bits per heavy atom. The van der Waals surface area contributed by atoms with E-state index in [0.717, 1.165) is 22.6 Å². The number of aryl methyl sites for hydroxylation is 2. The monoisotopic (exact) mass is 552 g/mol. The minimum absolute atomic E-state index is 0.341. The Hall–Kier alpha value is -3.57. The molecule has 4 aromatic carbocycles. The van der Waals surface area contributed by atoms with Gasteiger partial charge in [-0.15, -0.1) is 0 Å².